The number of aryl methyl sites for hydroxylation is 1. The Kier molecular flexibility index (Phi) is 4.66. The fraction of sp³-hybridized carbons (Fsp3) is 0.462. The summed E-state index contributed by atoms with van der Waals surface area (Å²) in [7, 11) is -3.61. The lowest BCUT2D eigenvalue weighted by Gasteiger charge is -2.23. The van der Waals surface area contributed by atoms with E-state index in [1.807, 2.05) is 0 Å². The maximum absolute atomic E-state index is 12.4. The van der Waals surface area contributed by atoms with Crippen LogP contribution in [0.15, 0.2) is 29.4 Å². The van der Waals surface area contributed by atoms with Crippen molar-refractivity contribution in [2.24, 2.45) is 0 Å². The van der Waals surface area contributed by atoms with E-state index in [4.69, 9.17) is 9.47 Å². The van der Waals surface area contributed by atoms with Crippen molar-refractivity contribution in [3.8, 4) is 5.69 Å². The quantitative estimate of drug-likeness (QED) is 0.794. The van der Waals surface area contributed by atoms with E-state index < -0.39 is 10.0 Å². The number of rotatable bonds is 5. The molecule has 0 spiro atoms. The molecular weight excluding hydrogens is 322 g/mol. The molecule has 0 radical (unpaired) electrons. The van der Waals surface area contributed by atoms with Crippen LogP contribution in [0.3, 0.4) is 0 Å². The molecule has 1 N–H and O–H groups in total. The molecule has 1 aromatic heterocycles. The van der Waals surface area contributed by atoms with Crippen molar-refractivity contribution < 1.29 is 17.9 Å². The van der Waals surface area contributed by atoms with E-state index in [0.717, 1.165) is 11.3 Å². The lowest BCUT2D eigenvalue weighted by Crippen LogP contribution is -2.39. The van der Waals surface area contributed by atoms with E-state index in [-0.39, 0.29) is 17.5 Å². The Morgan fingerprint density at radius 2 is 2.26 bits per heavy atom. The van der Waals surface area contributed by atoms with E-state index >= 15 is 0 Å². The predicted octanol–water partition coefficient (Wildman–Crippen LogP) is -0.336. The second kappa shape index (κ2) is 6.71. The fourth-order valence-corrected chi connectivity index (χ4v) is 3.42. The van der Waals surface area contributed by atoms with E-state index in [0.29, 0.717) is 19.8 Å². The number of sulfonamides is 1. The summed E-state index contributed by atoms with van der Waals surface area (Å²) in [5.74, 6) is 0. The normalized spacial score (nSPS) is 18.9. The van der Waals surface area contributed by atoms with Gasteiger partial charge in [-0.1, -0.05) is 0 Å². The summed E-state index contributed by atoms with van der Waals surface area (Å²) < 4.78 is 39.4. The summed E-state index contributed by atoms with van der Waals surface area (Å²) in [5, 5.41) is 10.9. The zero-order valence-electron chi connectivity index (χ0n) is 12.5. The summed E-state index contributed by atoms with van der Waals surface area (Å²) in [6, 6.07) is 4.77. The highest BCUT2D eigenvalue weighted by Gasteiger charge is 2.20. The Morgan fingerprint density at radius 1 is 1.39 bits per heavy atom. The topological polar surface area (TPSA) is 108 Å². The molecule has 124 valence electrons. The average Bonchev–Trinajstić information content (AvgIpc) is 3.08. The van der Waals surface area contributed by atoms with Crippen LogP contribution in [-0.2, 0) is 19.5 Å². The fourth-order valence-electron chi connectivity index (χ4n) is 2.26. The number of hydrogen-bond donors (Lipinski definition) is 1. The summed E-state index contributed by atoms with van der Waals surface area (Å²) in [6.07, 6.45) is 1.19. The van der Waals surface area contributed by atoms with Gasteiger partial charge in [0.05, 0.1) is 36.5 Å². The van der Waals surface area contributed by atoms with Gasteiger partial charge in [0.1, 0.15) is 6.33 Å². The van der Waals surface area contributed by atoms with Crippen molar-refractivity contribution in [1.29, 1.82) is 0 Å². The first-order valence-corrected chi connectivity index (χ1v) is 8.57. The van der Waals surface area contributed by atoms with Gasteiger partial charge in [0, 0.05) is 6.54 Å². The zero-order valence-corrected chi connectivity index (χ0v) is 13.4. The van der Waals surface area contributed by atoms with Crippen LogP contribution in [0.25, 0.3) is 5.69 Å². The molecule has 2 aromatic rings. The Labute approximate surface area is 133 Å². The Hall–Kier alpha value is -1.88. The van der Waals surface area contributed by atoms with Gasteiger partial charge in [-0.05, 0) is 41.1 Å². The Morgan fingerprint density at radius 3 is 2.91 bits per heavy atom. The second-order valence-electron chi connectivity index (χ2n) is 5.12. The average molecular weight is 339 g/mol. The molecule has 23 heavy (non-hydrogen) atoms. The number of hydrogen-bond acceptors (Lipinski definition) is 7. The Bertz CT molecular complexity index is 757. The number of nitrogens with zero attached hydrogens (tertiary/aromatic N) is 4. The molecular formula is C13H17N5O4S. The van der Waals surface area contributed by atoms with Crippen LogP contribution < -0.4 is 4.72 Å². The molecule has 9 nitrogen and oxygen atoms in total. The van der Waals surface area contributed by atoms with Crippen LogP contribution in [0.4, 0.5) is 0 Å². The van der Waals surface area contributed by atoms with E-state index in [9.17, 15) is 8.42 Å². The number of aromatic nitrogens is 4. The number of tetrazole rings is 1. The minimum Gasteiger partial charge on any atom is -0.376 e. The first-order chi connectivity index (χ1) is 11.1. The first-order valence-electron chi connectivity index (χ1n) is 7.09. The minimum atomic E-state index is -3.61. The smallest absolute Gasteiger partial charge is 0.240 e. The second-order valence-corrected chi connectivity index (χ2v) is 6.89. The zero-order chi connectivity index (χ0) is 16.3. The van der Waals surface area contributed by atoms with Gasteiger partial charge in [-0.25, -0.2) is 17.8 Å². The highest BCUT2D eigenvalue weighted by Crippen LogP contribution is 2.18. The minimum absolute atomic E-state index is 0.177. The molecule has 1 saturated heterocycles. The molecule has 1 aliphatic rings. The van der Waals surface area contributed by atoms with Crippen molar-refractivity contribution in [2.75, 3.05) is 26.4 Å². The summed E-state index contributed by atoms with van der Waals surface area (Å²) in [4.78, 5) is 0.184. The van der Waals surface area contributed by atoms with Crippen LogP contribution in [0, 0.1) is 6.92 Å². The molecule has 3 rings (SSSR count). The first kappa shape index (κ1) is 16.0. The maximum atomic E-state index is 12.4. The van der Waals surface area contributed by atoms with Gasteiger partial charge < -0.3 is 9.47 Å². The molecule has 0 aliphatic carbocycles. The van der Waals surface area contributed by atoms with Crippen molar-refractivity contribution in [1.82, 2.24) is 24.9 Å². The molecule has 1 aromatic carbocycles. The third-order valence-electron chi connectivity index (χ3n) is 3.46. The molecule has 2 heterocycles. The SMILES string of the molecule is Cc1cc(S(=O)(=O)NCC2COCCO2)ccc1-n1cnnn1. The van der Waals surface area contributed by atoms with Crippen LogP contribution in [0.2, 0.25) is 0 Å². The van der Waals surface area contributed by atoms with Gasteiger partial charge in [-0.15, -0.1) is 5.10 Å². The van der Waals surface area contributed by atoms with Gasteiger partial charge in [-0.3, -0.25) is 0 Å². The third-order valence-corrected chi connectivity index (χ3v) is 4.88. The molecule has 1 fully saturated rings. The van der Waals surface area contributed by atoms with E-state index in [1.54, 1.807) is 19.1 Å². The molecule has 0 amide bonds. The van der Waals surface area contributed by atoms with Gasteiger partial charge in [0.2, 0.25) is 10.0 Å². The van der Waals surface area contributed by atoms with E-state index in [1.165, 1.54) is 17.1 Å². The van der Waals surface area contributed by atoms with Gasteiger partial charge >= 0.3 is 0 Å². The molecule has 10 heteroatoms. The van der Waals surface area contributed by atoms with Crippen LogP contribution in [0.5, 0.6) is 0 Å². The maximum Gasteiger partial charge on any atom is 0.240 e. The molecule has 0 saturated carbocycles. The highest BCUT2D eigenvalue weighted by molar-refractivity contribution is 7.89. The number of benzene rings is 1. The number of nitrogens with one attached hydrogen (secondary N) is 1. The Balaban J connectivity index is 1.73. The molecule has 1 aliphatic heterocycles. The van der Waals surface area contributed by atoms with Gasteiger partial charge in [0.25, 0.3) is 0 Å². The van der Waals surface area contributed by atoms with Crippen molar-refractivity contribution in [3.63, 3.8) is 0 Å². The molecule has 0 bridgehead atoms. The largest absolute Gasteiger partial charge is 0.376 e. The van der Waals surface area contributed by atoms with Crippen LogP contribution in [0.1, 0.15) is 5.56 Å². The van der Waals surface area contributed by atoms with Gasteiger partial charge in [0.15, 0.2) is 0 Å². The summed E-state index contributed by atoms with van der Waals surface area (Å²) in [5.41, 5.74) is 1.47. The lowest BCUT2D eigenvalue weighted by atomic mass is 10.2. The van der Waals surface area contributed by atoms with Crippen LogP contribution >= 0.6 is 0 Å². The highest BCUT2D eigenvalue weighted by atomic mass is 32.2. The van der Waals surface area contributed by atoms with Gasteiger partial charge in [-0.2, -0.15) is 0 Å². The predicted molar refractivity (Wildman–Crippen MR) is 79.6 cm³/mol. The standard InChI is InChI=1S/C13H17N5O4S/c1-10-6-12(2-3-13(10)18-9-14-16-17-18)23(19,20)15-7-11-8-21-4-5-22-11/h2-3,6,9,11,15H,4-5,7-8H2,1H3. The summed E-state index contributed by atoms with van der Waals surface area (Å²) in [6.45, 7) is 3.39. The number of ether oxygens (including phenoxy) is 2. The monoisotopic (exact) mass is 339 g/mol. The van der Waals surface area contributed by atoms with E-state index in [2.05, 4.69) is 20.2 Å². The van der Waals surface area contributed by atoms with Crippen molar-refractivity contribution in [2.45, 2.75) is 17.9 Å². The molecule has 1 atom stereocenters. The molecule has 1 unspecified atom stereocenters. The van der Waals surface area contributed by atoms with Crippen molar-refractivity contribution in [3.05, 3.63) is 30.1 Å². The third kappa shape index (κ3) is 3.72. The van der Waals surface area contributed by atoms with Crippen LogP contribution in [-0.4, -0.2) is 61.1 Å². The summed E-state index contributed by atoms with van der Waals surface area (Å²) >= 11 is 0. The van der Waals surface area contributed by atoms with Crippen molar-refractivity contribution >= 4 is 10.0 Å². The lowest BCUT2D eigenvalue weighted by molar-refractivity contribution is -0.0846.